The van der Waals surface area contributed by atoms with E-state index in [4.69, 9.17) is 9.47 Å². The molecule has 2 nitrogen and oxygen atoms in total. The van der Waals surface area contributed by atoms with Gasteiger partial charge in [-0.15, -0.1) is 0 Å². The SMILES string of the molecule is C.C=COc1cccc(OCc2ccccc2)c1. The summed E-state index contributed by atoms with van der Waals surface area (Å²) in [5, 5.41) is 0. The van der Waals surface area contributed by atoms with Crippen molar-refractivity contribution in [1.82, 2.24) is 0 Å². The summed E-state index contributed by atoms with van der Waals surface area (Å²) in [6, 6.07) is 17.5. The molecule has 18 heavy (non-hydrogen) atoms. The largest absolute Gasteiger partial charge is 0.489 e. The Kier molecular flexibility index (Phi) is 5.52. The summed E-state index contributed by atoms with van der Waals surface area (Å²) in [7, 11) is 0. The van der Waals surface area contributed by atoms with Crippen molar-refractivity contribution >= 4 is 0 Å². The van der Waals surface area contributed by atoms with Gasteiger partial charge in [-0.3, -0.25) is 0 Å². The van der Waals surface area contributed by atoms with E-state index >= 15 is 0 Å². The van der Waals surface area contributed by atoms with Crippen LogP contribution >= 0.6 is 0 Å². The van der Waals surface area contributed by atoms with Crippen LogP contribution in [0.15, 0.2) is 67.4 Å². The van der Waals surface area contributed by atoms with Gasteiger partial charge >= 0.3 is 0 Å². The van der Waals surface area contributed by atoms with Gasteiger partial charge in [-0.25, -0.2) is 0 Å². The highest BCUT2D eigenvalue weighted by Crippen LogP contribution is 2.20. The van der Waals surface area contributed by atoms with Crippen LogP contribution in [0.2, 0.25) is 0 Å². The van der Waals surface area contributed by atoms with Crippen molar-refractivity contribution in [2.75, 3.05) is 0 Å². The van der Waals surface area contributed by atoms with Crippen LogP contribution in [0, 0.1) is 0 Å². The predicted molar refractivity (Wildman–Crippen MR) is 74.8 cm³/mol. The first-order valence-electron chi connectivity index (χ1n) is 5.43. The van der Waals surface area contributed by atoms with Crippen LogP contribution in [-0.4, -0.2) is 0 Å². The predicted octanol–water partition coefficient (Wildman–Crippen LogP) is 4.42. The molecule has 0 spiro atoms. The lowest BCUT2D eigenvalue weighted by Crippen LogP contribution is -1.95. The molecule has 0 aliphatic carbocycles. The quantitative estimate of drug-likeness (QED) is 0.722. The normalized spacial score (nSPS) is 9.11. The zero-order valence-electron chi connectivity index (χ0n) is 9.50. The maximum absolute atomic E-state index is 5.66. The molecular formula is C16H18O2. The molecule has 2 rings (SSSR count). The van der Waals surface area contributed by atoms with Gasteiger partial charge in [0.2, 0.25) is 0 Å². The fourth-order valence-electron chi connectivity index (χ4n) is 1.47. The van der Waals surface area contributed by atoms with Crippen molar-refractivity contribution in [3.63, 3.8) is 0 Å². The van der Waals surface area contributed by atoms with Crippen molar-refractivity contribution < 1.29 is 9.47 Å². The molecule has 0 radical (unpaired) electrons. The lowest BCUT2D eigenvalue weighted by molar-refractivity contribution is 0.304. The van der Waals surface area contributed by atoms with Crippen molar-refractivity contribution in [3.05, 3.63) is 73.0 Å². The van der Waals surface area contributed by atoms with E-state index in [1.807, 2.05) is 54.6 Å². The molecule has 0 atom stereocenters. The van der Waals surface area contributed by atoms with Gasteiger partial charge in [0.25, 0.3) is 0 Å². The van der Waals surface area contributed by atoms with E-state index in [1.165, 1.54) is 6.26 Å². The maximum atomic E-state index is 5.66. The van der Waals surface area contributed by atoms with Gasteiger partial charge in [0.05, 0.1) is 6.26 Å². The van der Waals surface area contributed by atoms with Gasteiger partial charge in [-0.1, -0.05) is 50.4 Å². The minimum absolute atomic E-state index is 0. The Hall–Kier alpha value is -2.22. The lowest BCUT2D eigenvalue weighted by atomic mass is 10.2. The van der Waals surface area contributed by atoms with E-state index in [-0.39, 0.29) is 7.43 Å². The Labute approximate surface area is 108 Å². The molecule has 0 aliphatic rings. The minimum atomic E-state index is 0. The van der Waals surface area contributed by atoms with Crippen molar-refractivity contribution in [3.8, 4) is 11.5 Å². The van der Waals surface area contributed by atoms with E-state index in [0.717, 1.165) is 17.1 Å². The summed E-state index contributed by atoms with van der Waals surface area (Å²) < 4.78 is 10.8. The summed E-state index contributed by atoms with van der Waals surface area (Å²) in [5.74, 6) is 1.51. The van der Waals surface area contributed by atoms with Gasteiger partial charge in [0.15, 0.2) is 0 Å². The summed E-state index contributed by atoms with van der Waals surface area (Å²) in [4.78, 5) is 0. The summed E-state index contributed by atoms with van der Waals surface area (Å²) in [6.45, 7) is 4.07. The van der Waals surface area contributed by atoms with Gasteiger partial charge in [0, 0.05) is 6.07 Å². The fraction of sp³-hybridized carbons (Fsp3) is 0.125. The van der Waals surface area contributed by atoms with Crippen molar-refractivity contribution in [1.29, 1.82) is 0 Å². The molecule has 0 saturated carbocycles. The van der Waals surface area contributed by atoms with Crippen LogP contribution in [0.25, 0.3) is 0 Å². The Bertz CT molecular complexity index is 477. The van der Waals surface area contributed by atoms with Crippen molar-refractivity contribution in [2.45, 2.75) is 14.0 Å². The Morgan fingerprint density at radius 2 is 1.67 bits per heavy atom. The second-order valence-corrected chi connectivity index (χ2v) is 3.53. The van der Waals surface area contributed by atoms with Crippen LogP contribution < -0.4 is 9.47 Å². The van der Waals surface area contributed by atoms with Crippen LogP contribution in [0.4, 0.5) is 0 Å². The molecule has 94 valence electrons. The van der Waals surface area contributed by atoms with Crippen molar-refractivity contribution in [2.24, 2.45) is 0 Å². The van der Waals surface area contributed by atoms with Gasteiger partial charge in [-0.05, 0) is 17.7 Å². The van der Waals surface area contributed by atoms with E-state index in [2.05, 4.69) is 6.58 Å². The minimum Gasteiger partial charge on any atom is -0.489 e. The number of hydrogen-bond acceptors (Lipinski definition) is 2. The van der Waals surface area contributed by atoms with Crippen LogP contribution in [0.5, 0.6) is 11.5 Å². The molecule has 0 unspecified atom stereocenters. The molecule has 0 heterocycles. The third-order valence-electron chi connectivity index (χ3n) is 2.27. The topological polar surface area (TPSA) is 18.5 Å². The first-order chi connectivity index (χ1) is 8.38. The number of ether oxygens (including phenoxy) is 2. The number of rotatable bonds is 5. The monoisotopic (exact) mass is 242 g/mol. The maximum Gasteiger partial charge on any atom is 0.130 e. The first kappa shape index (κ1) is 13.8. The van der Waals surface area contributed by atoms with E-state index in [9.17, 15) is 0 Å². The van der Waals surface area contributed by atoms with Crippen LogP contribution in [0.3, 0.4) is 0 Å². The van der Waals surface area contributed by atoms with Gasteiger partial charge in [0.1, 0.15) is 18.1 Å². The molecule has 0 N–H and O–H groups in total. The van der Waals surface area contributed by atoms with Crippen LogP contribution in [-0.2, 0) is 6.61 Å². The average molecular weight is 242 g/mol. The third-order valence-corrected chi connectivity index (χ3v) is 2.27. The molecule has 0 amide bonds. The molecule has 2 aromatic carbocycles. The number of benzene rings is 2. The highest BCUT2D eigenvalue weighted by atomic mass is 16.5. The van der Waals surface area contributed by atoms with Gasteiger partial charge in [-0.2, -0.15) is 0 Å². The molecule has 2 heteroatoms. The number of hydrogen-bond donors (Lipinski definition) is 0. The first-order valence-corrected chi connectivity index (χ1v) is 5.43. The molecule has 0 bridgehead atoms. The Morgan fingerprint density at radius 3 is 2.39 bits per heavy atom. The van der Waals surface area contributed by atoms with E-state index in [0.29, 0.717) is 6.61 Å². The van der Waals surface area contributed by atoms with Gasteiger partial charge < -0.3 is 9.47 Å². The average Bonchev–Trinajstić information content (AvgIpc) is 2.39. The highest BCUT2D eigenvalue weighted by molar-refractivity contribution is 5.33. The molecule has 0 saturated heterocycles. The summed E-state index contributed by atoms with van der Waals surface area (Å²) >= 11 is 0. The molecule has 0 aromatic heterocycles. The molecule has 0 aliphatic heterocycles. The second kappa shape index (κ2) is 7.17. The summed E-state index contributed by atoms with van der Waals surface area (Å²) in [5.41, 5.74) is 1.14. The summed E-state index contributed by atoms with van der Waals surface area (Å²) in [6.07, 6.45) is 1.40. The highest BCUT2D eigenvalue weighted by Gasteiger charge is 1.97. The standard InChI is InChI=1S/C15H14O2.CH4/c1-2-16-14-9-6-10-15(11-14)17-12-13-7-4-3-5-8-13;/h2-11H,1,12H2;1H4. The molecule has 2 aromatic rings. The smallest absolute Gasteiger partial charge is 0.130 e. The zero-order valence-corrected chi connectivity index (χ0v) is 9.50. The van der Waals surface area contributed by atoms with E-state index < -0.39 is 0 Å². The lowest BCUT2D eigenvalue weighted by Gasteiger charge is -2.07. The fourth-order valence-corrected chi connectivity index (χ4v) is 1.47. The zero-order chi connectivity index (χ0) is 11.9. The van der Waals surface area contributed by atoms with Crippen LogP contribution in [0.1, 0.15) is 13.0 Å². The second-order valence-electron chi connectivity index (χ2n) is 3.53. The Balaban J connectivity index is 0.00000162. The molecular weight excluding hydrogens is 224 g/mol. The Morgan fingerprint density at radius 1 is 0.944 bits per heavy atom. The molecule has 0 fully saturated rings. The van der Waals surface area contributed by atoms with E-state index in [1.54, 1.807) is 0 Å². The third kappa shape index (κ3) is 3.98.